The van der Waals surface area contributed by atoms with Gasteiger partial charge >= 0.3 is 12.2 Å². The number of methoxy groups -OCH3 is 2. The maximum absolute atomic E-state index is 11.7. The molecule has 0 rings (SSSR count). The number of ether oxygens (including phenoxy) is 2. The van der Waals surface area contributed by atoms with E-state index in [2.05, 4.69) is 14.8 Å². The summed E-state index contributed by atoms with van der Waals surface area (Å²) in [7, 11) is -1.69. The molecule has 19 heavy (non-hydrogen) atoms. The quantitative estimate of drug-likeness (QED) is 0.272. The second-order valence-electron chi connectivity index (χ2n) is 3.61. The first-order valence-electron chi connectivity index (χ1n) is 6.87. The molecule has 0 saturated heterocycles. The standard InChI is InChI=1S/C11H17N3O5/c1-7(18-2)10(16)14-9(11(17)19-3)5-4-8(15)6-13-12/h6-7,9H,4-5H2,1-3H3,(H,14,16)/t7-,9-/m0/s1/i3D3. The van der Waals surface area contributed by atoms with Gasteiger partial charge in [0.1, 0.15) is 12.1 Å². The zero-order chi connectivity index (χ0) is 17.3. The third-order valence-corrected chi connectivity index (χ3v) is 2.31. The Bertz CT molecular complexity index is 474. The molecule has 0 unspecified atom stereocenters. The van der Waals surface area contributed by atoms with Crippen LogP contribution in [0.15, 0.2) is 0 Å². The van der Waals surface area contributed by atoms with Crippen LogP contribution in [0.3, 0.4) is 0 Å². The lowest BCUT2D eigenvalue weighted by Crippen LogP contribution is -2.45. The molecule has 0 radical (unpaired) electrons. The Balaban J connectivity index is 4.89. The molecule has 0 aromatic heterocycles. The summed E-state index contributed by atoms with van der Waals surface area (Å²) in [6.45, 7) is 1.42. The average Bonchev–Trinajstić information content (AvgIpc) is 2.40. The van der Waals surface area contributed by atoms with E-state index >= 15 is 0 Å². The summed E-state index contributed by atoms with van der Waals surface area (Å²) in [4.78, 5) is 37.2. The van der Waals surface area contributed by atoms with Crippen molar-refractivity contribution in [3.8, 4) is 0 Å². The molecule has 1 amide bonds. The summed E-state index contributed by atoms with van der Waals surface area (Å²) in [5.74, 6) is -2.48. The van der Waals surface area contributed by atoms with Gasteiger partial charge in [-0.25, -0.2) is 4.79 Å². The van der Waals surface area contributed by atoms with Crippen molar-refractivity contribution in [1.29, 1.82) is 0 Å². The third kappa shape index (κ3) is 6.44. The SMILES string of the molecule is [2H]C([2H])([2H])OC(=O)[C@H](CCC(=O)C=[N+]=[N-])NC(=O)[C@H](C)OC. The predicted molar refractivity (Wildman–Crippen MR) is 64.3 cm³/mol. The van der Waals surface area contributed by atoms with Gasteiger partial charge in [-0.2, -0.15) is 4.79 Å². The molecule has 0 bridgehead atoms. The van der Waals surface area contributed by atoms with E-state index in [1.165, 1.54) is 14.0 Å². The Labute approximate surface area is 114 Å². The minimum atomic E-state index is -2.97. The summed E-state index contributed by atoms with van der Waals surface area (Å²) in [6.07, 6.45) is -0.724. The maximum atomic E-state index is 11.7. The molecule has 0 heterocycles. The average molecular weight is 274 g/mol. The van der Waals surface area contributed by atoms with Crippen LogP contribution >= 0.6 is 0 Å². The molecule has 0 aliphatic carbocycles. The van der Waals surface area contributed by atoms with Crippen LogP contribution in [-0.4, -0.2) is 55.0 Å². The molecule has 106 valence electrons. The number of amides is 1. The highest BCUT2D eigenvalue weighted by atomic mass is 16.5. The molecular weight excluding hydrogens is 254 g/mol. The fourth-order valence-corrected chi connectivity index (χ4v) is 1.13. The van der Waals surface area contributed by atoms with Crippen molar-refractivity contribution in [2.24, 2.45) is 0 Å². The smallest absolute Gasteiger partial charge is 0.328 e. The van der Waals surface area contributed by atoms with Crippen LogP contribution in [0.4, 0.5) is 0 Å². The molecule has 0 fully saturated rings. The Kier molecular flexibility index (Phi) is 5.66. The summed E-state index contributed by atoms with van der Waals surface area (Å²) >= 11 is 0. The number of Topliss-reactive ketones (excluding diaryl/α,β-unsaturated/α-hetero) is 1. The second-order valence-corrected chi connectivity index (χ2v) is 3.61. The molecule has 2 atom stereocenters. The Morgan fingerprint density at radius 1 is 1.53 bits per heavy atom. The van der Waals surface area contributed by atoms with Gasteiger partial charge in [0.15, 0.2) is 0 Å². The first-order valence-corrected chi connectivity index (χ1v) is 5.37. The topological polar surface area (TPSA) is 118 Å². The lowest BCUT2D eigenvalue weighted by molar-refractivity contribution is -0.146. The van der Waals surface area contributed by atoms with E-state index in [9.17, 15) is 14.4 Å². The normalized spacial score (nSPS) is 15.8. The highest BCUT2D eigenvalue weighted by Crippen LogP contribution is 2.01. The monoisotopic (exact) mass is 274 g/mol. The summed E-state index contributed by atoms with van der Waals surface area (Å²) in [5, 5.41) is 2.24. The van der Waals surface area contributed by atoms with Crippen molar-refractivity contribution in [1.82, 2.24) is 5.32 Å². The zero-order valence-electron chi connectivity index (χ0n) is 13.6. The Morgan fingerprint density at radius 2 is 2.21 bits per heavy atom. The van der Waals surface area contributed by atoms with Crippen molar-refractivity contribution < 1.29 is 32.8 Å². The van der Waals surface area contributed by atoms with Crippen LogP contribution < -0.4 is 5.32 Å². The Hall–Kier alpha value is -2.05. The van der Waals surface area contributed by atoms with Crippen LogP contribution in [0.5, 0.6) is 0 Å². The highest BCUT2D eigenvalue weighted by Gasteiger charge is 2.24. The number of ketones is 1. The molecule has 0 saturated carbocycles. The highest BCUT2D eigenvalue weighted by molar-refractivity contribution is 6.25. The van der Waals surface area contributed by atoms with Crippen molar-refractivity contribution in [3.05, 3.63) is 5.53 Å². The minimum Gasteiger partial charge on any atom is -0.467 e. The molecule has 0 aliphatic heterocycles. The van der Waals surface area contributed by atoms with Crippen molar-refractivity contribution >= 4 is 23.9 Å². The Morgan fingerprint density at radius 3 is 2.74 bits per heavy atom. The third-order valence-electron chi connectivity index (χ3n) is 2.31. The van der Waals surface area contributed by atoms with Crippen LogP contribution in [0, 0.1) is 0 Å². The number of nitrogens with one attached hydrogen (secondary N) is 1. The van der Waals surface area contributed by atoms with Crippen LogP contribution in [0.25, 0.3) is 5.53 Å². The second kappa shape index (κ2) is 8.96. The number of rotatable bonds is 8. The van der Waals surface area contributed by atoms with Crippen LogP contribution in [0.2, 0.25) is 0 Å². The largest absolute Gasteiger partial charge is 0.467 e. The van der Waals surface area contributed by atoms with E-state index in [-0.39, 0.29) is 12.8 Å². The van der Waals surface area contributed by atoms with Gasteiger partial charge in [-0.15, -0.1) is 0 Å². The minimum absolute atomic E-state index is 0.220. The first kappa shape index (κ1) is 12.0. The number of carbonyl (C=O) groups is 3. The molecule has 1 N–H and O–H groups in total. The molecule has 8 nitrogen and oxygen atoms in total. The van der Waals surface area contributed by atoms with E-state index in [1.807, 2.05) is 0 Å². The van der Waals surface area contributed by atoms with E-state index in [0.29, 0.717) is 6.21 Å². The van der Waals surface area contributed by atoms with Gasteiger partial charge in [0.2, 0.25) is 11.7 Å². The van der Waals surface area contributed by atoms with Crippen molar-refractivity contribution in [2.45, 2.75) is 31.9 Å². The van der Waals surface area contributed by atoms with Gasteiger partial charge in [0.05, 0.1) is 11.2 Å². The number of nitrogens with zero attached hydrogens (tertiary/aromatic N) is 2. The van der Waals surface area contributed by atoms with Crippen LogP contribution in [-0.2, 0) is 23.9 Å². The number of carbonyl (C=O) groups excluding carboxylic acids is 3. The number of hydrogen-bond acceptors (Lipinski definition) is 5. The lowest BCUT2D eigenvalue weighted by atomic mass is 10.1. The van der Waals surface area contributed by atoms with Crippen LogP contribution in [0.1, 0.15) is 23.9 Å². The fourth-order valence-electron chi connectivity index (χ4n) is 1.13. The molecule has 0 aromatic carbocycles. The maximum Gasteiger partial charge on any atom is 0.328 e. The molecule has 0 aromatic rings. The lowest BCUT2D eigenvalue weighted by Gasteiger charge is -2.17. The molecular formula is C11H17N3O5. The van der Waals surface area contributed by atoms with Gasteiger partial charge in [0.25, 0.3) is 0 Å². The predicted octanol–water partition coefficient (Wildman–Crippen LogP) is -0.671. The molecule has 8 heteroatoms. The van der Waals surface area contributed by atoms with E-state index in [0.717, 1.165) is 0 Å². The van der Waals surface area contributed by atoms with Gasteiger partial charge in [-0.05, 0) is 13.3 Å². The van der Waals surface area contributed by atoms with E-state index < -0.39 is 36.8 Å². The number of esters is 1. The van der Waals surface area contributed by atoms with E-state index in [1.54, 1.807) is 0 Å². The molecule has 0 spiro atoms. The van der Waals surface area contributed by atoms with Crippen molar-refractivity contribution in [2.75, 3.05) is 14.1 Å². The van der Waals surface area contributed by atoms with Gasteiger partial charge in [-0.3, -0.25) is 9.59 Å². The van der Waals surface area contributed by atoms with Crippen molar-refractivity contribution in [3.63, 3.8) is 0 Å². The zero-order valence-corrected chi connectivity index (χ0v) is 10.6. The summed E-state index contributed by atoms with van der Waals surface area (Å²) < 4.78 is 29.6. The summed E-state index contributed by atoms with van der Waals surface area (Å²) in [6, 6.07) is -1.35. The first-order chi connectivity index (χ1) is 10.1. The number of hydrogen-bond donors (Lipinski definition) is 1. The van der Waals surface area contributed by atoms with E-state index in [4.69, 9.17) is 14.4 Å². The van der Waals surface area contributed by atoms with Gasteiger partial charge in [-0.1, -0.05) is 0 Å². The fraction of sp³-hybridized carbons (Fsp3) is 0.636. The van der Waals surface area contributed by atoms with Gasteiger partial charge in [0, 0.05) is 13.5 Å². The summed E-state index contributed by atoms with van der Waals surface area (Å²) in [5.41, 5.74) is 8.21. The van der Waals surface area contributed by atoms with Gasteiger partial charge < -0.3 is 20.3 Å². The molecule has 0 aliphatic rings.